The molecule has 1 aromatic carbocycles. The van der Waals surface area contributed by atoms with Crippen LogP contribution >= 0.6 is 11.6 Å². The third-order valence-electron chi connectivity index (χ3n) is 3.92. The zero-order valence-electron chi connectivity index (χ0n) is 13.3. The molecule has 0 saturated carbocycles. The van der Waals surface area contributed by atoms with Crippen LogP contribution < -0.4 is 4.90 Å². The van der Waals surface area contributed by atoms with E-state index in [1.807, 2.05) is 19.1 Å². The van der Waals surface area contributed by atoms with Crippen LogP contribution in [0, 0.1) is 6.92 Å². The van der Waals surface area contributed by atoms with Crippen molar-refractivity contribution in [1.82, 2.24) is 4.98 Å². The monoisotopic (exact) mass is 334 g/mol. The summed E-state index contributed by atoms with van der Waals surface area (Å²) in [6, 6.07) is 3.74. The Hall–Kier alpha value is -1.85. The van der Waals surface area contributed by atoms with Crippen LogP contribution in [0.1, 0.15) is 22.8 Å². The van der Waals surface area contributed by atoms with Crippen molar-refractivity contribution >= 4 is 34.2 Å². The summed E-state index contributed by atoms with van der Waals surface area (Å²) >= 11 is 6.24. The Balaban J connectivity index is 2.23. The first-order chi connectivity index (χ1) is 11.1. The van der Waals surface area contributed by atoms with Crippen LogP contribution in [0.3, 0.4) is 0 Å². The Labute approximate surface area is 140 Å². The van der Waals surface area contributed by atoms with Gasteiger partial charge in [-0.25, -0.2) is 4.79 Å². The van der Waals surface area contributed by atoms with Crippen molar-refractivity contribution in [3.63, 3.8) is 0 Å². The normalized spacial score (nSPS) is 15.0. The van der Waals surface area contributed by atoms with Gasteiger partial charge in [0.2, 0.25) is 0 Å². The molecule has 6 heteroatoms. The quantitative estimate of drug-likeness (QED) is 0.807. The topological polar surface area (TPSA) is 51.7 Å². The molecule has 1 aliphatic heterocycles. The molecule has 2 heterocycles. The fourth-order valence-electron chi connectivity index (χ4n) is 2.91. The molecule has 122 valence electrons. The molecule has 0 spiro atoms. The predicted molar refractivity (Wildman–Crippen MR) is 90.5 cm³/mol. The Morgan fingerprint density at radius 3 is 2.83 bits per heavy atom. The van der Waals surface area contributed by atoms with E-state index in [0.717, 1.165) is 35.2 Å². The van der Waals surface area contributed by atoms with Gasteiger partial charge in [-0.1, -0.05) is 11.6 Å². The van der Waals surface area contributed by atoms with Gasteiger partial charge in [0.25, 0.3) is 0 Å². The highest BCUT2D eigenvalue weighted by Crippen LogP contribution is 2.34. The number of nitrogens with zero attached hydrogens (tertiary/aromatic N) is 2. The van der Waals surface area contributed by atoms with Crippen LogP contribution in [0.15, 0.2) is 18.3 Å². The molecule has 0 bridgehead atoms. The number of carbonyl (C=O) groups is 1. The number of anilines is 1. The number of aromatic nitrogens is 1. The predicted octanol–water partition coefficient (Wildman–Crippen LogP) is 3.21. The largest absolute Gasteiger partial charge is 0.462 e. The number of hydrogen-bond acceptors (Lipinski definition) is 5. The van der Waals surface area contributed by atoms with Crippen LogP contribution in [0.4, 0.5) is 5.69 Å². The molecule has 2 aromatic rings. The number of morpholine rings is 1. The molecule has 1 saturated heterocycles. The number of aryl methyl sites for hydroxylation is 1. The average Bonchev–Trinajstić information content (AvgIpc) is 2.54. The van der Waals surface area contributed by atoms with E-state index in [1.54, 1.807) is 13.1 Å². The first-order valence-electron chi connectivity index (χ1n) is 7.70. The molecule has 0 atom stereocenters. The van der Waals surface area contributed by atoms with E-state index in [2.05, 4.69) is 9.88 Å². The highest BCUT2D eigenvalue weighted by Gasteiger charge is 2.23. The summed E-state index contributed by atoms with van der Waals surface area (Å²) in [7, 11) is 0. The van der Waals surface area contributed by atoms with Crippen molar-refractivity contribution in [2.75, 3.05) is 37.8 Å². The summed E-state index contributed by atoms with van der Waals surface area (Å²) in [6.07, 6.45) is 1.60. The van der Waals surface area contributed by atoms with Gasteiger partial charge in [0.1, 0.15) is 5.56 Å². The number of hydrogen-bond donors (Lipinski definition) is 0. The second-order valence-electron chi connectivity index (χ2n) is 5.46. The van der Waals surface area contributed by atoms with Gasteiger partial charge in [0.15, 0.2) is 0 Å². The van der Waals surface area contributed by atoms with Crippen molar-refractivity contribution in [1.29, 1.82) is 0 Å². The average molecular weight is 335 g/mol. The maximum Gasteiger partial charge on any atom is 0.341 e. The van der Waals surface area contributed by atoms with Gasteiger partial charge in [0.05, 0.1) is 31.0 Å². The lowest BCUT2D eigenvalue weighted by Gasteiger charge is -2.31. The number of pyridine rings is 1. The third kappa shape index (κ3) is 3.12. The number of benzene rings is 1. The summed E-state index contributed by atoms with van der Waals surface area (Å²) in [5, 5.41) is 1.51. The van der Waals surface area contributed by atoms with Gasteiger partial charge in [-0.3, -0.25) is 4.98 Å². The Kier molecular flexibility index (Phi) is 4.68. The number of carbonyl (C=O) groups excluding carboxylic acids is 1. The maximum atomic E-state index is 12.4. The summed E-state index contributed by atoms with van der Waals surface area (Å²) in [5.41, 5.74) is 3.15. The van der Waals surface area contributed by atoms with E-state index in [0.29, 0.717) is 30.4 Å². The first-order valence-corrected chi connectivity index (χ1v) is 8.08. The van der Waals surface area contributed by atoms with Gasteiger partial charge in [-0.15, -0.1) is 0 Å². The number of rotatable bonds is 3. The van der Waals surface area contributed by atoms with E-state index >= 15 is 0 Å². The summed E-state index contributed by atoms with van der Waals surface area (Å²) in [4.78, 5) is 19.0. The number of ether oxygens (including phenoxy) is 2. The van der Waals surface area contributed by atoms with Gasteiger partial charge in [-0.2, -0.15) is 0 Å². The van der Waals surface area contributed by atoms with Crippen molar-refractivity contribution in [2.45, 2.75) is 13.8 Å². The minimum atomic E-state index is -0.360. The van der Waals surface area contributed by atoms with Gasteiger partial charge in [-0.05, 0) is 31.5 Å². The molecule has 23 heavy (non-hydrogen) atoms. The molecular weight excluding hydrogens is 316 g/mol. The highest BCUT2D eigenvalue weighted by molar-refractivity contribution is 6.31. The van der Waals surface area contributed by atoms with E-state index in [-0.39, 0.29) is 5.97 Å². The summed E-state index contributed by atoms with van der Waals surface area (Å²) in [6.45, 7) is 6.79. The molecule has 0 N–H and O–H groups in total. The molecule has 0 radical (unpaired) electrons. The van der Waals surface area contributed by atoms with Crippen molar-refractivity contribution in [3.8, 4) is 0 Å². The second kappa shape index (κ2) is 6.72. The molecule has 0 unspecified atom stereocenters. The van der Waals surface area contributed by atoms with Crippen LogP contribution in [0.5, 0.6) is 0 Å². The van der Waals surface area contributed by atoms with Crippen LogP contribution in [0.25, 0.3) is 10.9 Å². The van der Waals surface area contributed by atoms with Crippen molar-refractivity contribution in [3.05, 3.63) is 34.5 Å². The molecule has 3 rings (SSSR count). The molecule has 1 aromatic heterocycles. The molecule has 1 fully saturated rings. The zero-order valence-corrected chi connectivity index (χ0v) is 14.0. The molecule has 0 amide bonds. The SMILES string of the molecule is CCOC(=O)c1cnc2c(C)cc(Cl)cc2c1N1CCOCC1. The fourth-order valence-corrected chi connectivity index (χ4v) is 3.18. The number of halogens is 1. The molecular formula is C17H19ClN2O3. The minimum Gasteiger partial charge on any atom is -0.462 e. The van der Waals surface area contributed by atoms with E-state index in [9.17, 15) is 4.79 Å². The molecule has 1 aliphatic rings. The minimum absolute atomic E-state index is 0.327. The summed E-state index contributed by atoms with van der Waals surface area (Å²) < 4.78 is 10.6. The first kappa shape index (κ1) is 16.0. The van der Waals surface area contributed by atoms with Crippen molar-refractivity contribution < 1.29 is 14.3 Å². The lowest BCUT2D eigenvalue weighted by atomic mass is 10.0. The van der Waals surface area contributed by atoms with E-state index < -0.39 is 0 Å². The zero-order chi connectivity index (χ0) is 16.4. The highest BCUT2D eigenvalue weighted by atomic mass is 35.5. The Morgan fingerprint density at radius 1 is 1.39 bits per heavy atom. The standard InChI is InChI=1S/C17H19ClN2O3/c1-3-23-17(21)14-10-19-15-11(2)8-12(18)9-13(15)16(14)20-4-6-22-7-5-20/h8-10H,3-7H2,1-2H3. The summed E-state index contributed by atoms with van der Waals surface area (Å²) in [5.74, 6) is -0.360. The van der Waals surface area contributed by atoms with Crippen LogP contribution in [-0.2, 0) is 9.47 Å². The maximum absolute atomic E-state index is 12.4. The smallest absolute Gasteiger partial charge is 0.341 e. The van der Waals surface area contributed by atoms with E-state index in [4.69, 9.17) is 21.1 Å². The lowest BCUT2D eigenvalue weighted by Crippen LogP contribution is -2.37. The lowest BCUT2D eigenvalue weighted by molar-refractivity contribution is 0.0526. The Bertz CT molecular complexity index is 742. The van der Waals surface area contributed by atoms with Crippen molar-refractivity contribution in [2.24, 2.45) is 0 Å². The molecule has 5 nitrogen and oxygen atoms in total. The molecule has 0 aliphatic carbocycles. The Morgan fingerprint density at radius 2 is 2.13 bits per heavy atom. The third-order valence-corrected chi connectivity index (χ3v) is 4.14. The van der Waals surface area contributed by atoms with Gasteiger partial charge >= 0.3 is 5.97 Å². The van der Waals surface area contributed by atoms with Crippen LogP contribution in [-0.4, -0.2) is 43.9 Å². The number of esters is 1. The second-order valence-corrected chi connectivity index (χ2v) is 5.90. The van der Waals surface area contributed by atoms with E-state index in [1.165, 1.54) is 0 Å². The fraction of sp³-hybridized carbons (Fsp3) is 0.412. The van der Waals surface area contributed by atoms with Gasteiger partial charge < -0.3 is 14.4 Å². The van der Waals surface area contributed by atoms with Gasteiger partial charge in [0, 0.05) is 29.7 Å². The van der Waals surface area contributed by atoms with Crippen LogP contribution in [0.2, 0.25) is 5.02 Å². The number of fused-ring (bicyclic) bond motifs is 1.